The summed E-state index contributed by atoms with van der Waals surface area (Å²) in [5, 5.41) is 30.0. The van der Waals surface area contributed by atoms with Gasteiger partial charge in [-0.05, 0) is 67.9 Å². The lowest BCUT2D eigenvalue weighted by molar-refractivity contribution is -0.137. The number of carboxylic acids is 1. The second-order valence-electron chi connectivity index (χ2n) is 10.1. The first-order valence-corrected chi connectivity index (χ1v) is 13.2. The molecule has 1 unspecified atom stereocenters. The maximum Gasteiger partial charge on any atom is 0.303 e. The summed E-state index contributed by atoms with van der Waals surface area (Å²) < 4.78 is 0. The van der Waals surface area contributed by atoms with E-state index in [1.807, 2.05) is 0 Å². The van der Waals surface area contributed by atoms with Gasteiger partial charge in [-0.2, -0.15) is 0 Å². The molecule has 180 valence electrons. The van der Waals surface area contributed by atoms with Crippen molar-refractivity contribution < 1.29 is 20.1 Å². The number of rotatable bonds is 12. The molecule has 0 aliphatic heterocycles. The van der Waals surface area contributed by atoms with Gasteiger partial charge in [-0.3, -0.25) is 4.79 Å². The third-order valence-corrected chi connectivity index (χ3v) is 8.27. The Labute approximate surface area is 198 Å². The predicted molar refractivity (Wildman–Crippen MR) is 129 cm³/mol. The number of unbranched alkanes of at least 4 members (excludes halogenated alkanes) is 3. The molecular formula is C27H41ClO4. The van der Waals surface area contributed by atoms with E-state index in [0.29, 0.717) is 12.3 Å². The summed E-state index contributed by atoms with van der Waals surface area (Å²) in [6.45, 7) is 0. The molecule has 0 radical (unpaired) electrons. The van der Waals surface area contributed by atoms with Crippen molar-refractivity contribution >= 4 is 17.6 Å². The molecule has 0 amide bonds. The van der Waals surface area contributed by atoms with Crippen LogP contribution in [0.1, 0.15) is 101 Å². The summed E-state index contributed by atoms with van der Waals surface area (Å²) in [5.74, 6) is 0.0717. The number of carboxylic acid groups (broad SMARTS) is 1. The zero-order valence-electron chi connectivity index (χ0n) is 19.3. The van der Waals surface area contributed by atoms with E-state index in [4.69, 9.17) is 16.7 Å². The number of alkyl halides is 1. The molecule has 2 fully saturated rings. The van der Waals surface area contributed by atoms with Crippen LogP contribution in [0.15, 0.2) is 24.3 Å². The van der Waals surface area contributed by atoms with Crippen molar-refractivity contribution in [2.45, 2.75) is 113 Å². The van der Waals surface area contributed by atoms with E-state index in [9.17, 15) is 15.0 Å². The van der Waals surface area contributed by atoms with Crippen molar-refractivity contribution in [3.63, 3.8) is 0 Å². The Kier molecular flexibility index (Phi) is 10.3. The Hall–Kier alpha value is -1.10. The second-order valence-corrected chi connectivity index (χ2v) is 10.7. The molecule has 1 aromatic carbocycles. The molecule has 0 bridgehead atoms. The number of carbonyl (C=O) groups is 1. The maximum absolute atomic E-state index is 10.7. The van der Waals surface area contributed by atoms with Crippen LogP contribution < -0.4 is 0 Å². The van der Waals surface area contributed by atoms with Crippen molar-refractivity contribution in [3.05, 3.63) is 35.4 Å². The van der Waals surface area contributed by atoms with Crippen LogP contribution in [-0.4, -0.2) is 38.9 Å². The van der Waals surface area contributed by atoms with Crippen LogP contribution in [0, 0.1) is 11.8 Å². The summed E-state index contributed by atoms with van der Waals surface area (Å²) in [6.07, 6.45) is 12.8. The average Bonchev–Trinajstić information content (AvgIpc) is 3.08. The highest BCUT2D eigenvalue weighted by atomic mass is 35.5. The van der Waals surface area contributed by atoms with E-state index < -0.39 is 12.1 Å². The number of benzene rings is 1. The number of aryl methyl sites for hydroxylation is 1. The van der Waals surface area contributed by atoms with E-state index in [0.717, 1.165) is 50.5 Å². The zero-order chi connectivity index (χ0) is 22.9. The molecule has 0 aromatic heterocycles. The highest BCUT2D eigenvalue weighted by Gasteiger charge is 2.41. The number of halogens is 1. The van der Waals surface area contributed by atoms with Crippen LogP contribution in [-0.2, 0) is 11.2 Å². The Morgan fingerprint density at radius 1 is 1.03 bits per heavy atom. The largest absolute Gasteiger partial charge is 0.481 e. The van der Waals surface area contributed by atoms with Gasteiger partial charge in [0.15, 0.2) is 0 Å². The fraction of sp³-hybridized carbons (Fsp3) is 0.741. The molecule has 0 saturated heterocycles. The van der Waals surface area contributed by atoms with Crippen LogP contribution in [0.5, 0.6) is 0 Å². The molecule has 3 N–H and O–H groups in total. The minimum atomic E-state index is -0.725. The van der Waals surface area contributed by atoms with Gasteiger partial charge >= 0.3 is 5.97 Å². The fourth-order valence-electron chi connectivity index (χ4n) is 5.88. The van der Waals surface area contributed by atoms with Gasteiger partial charge in [0.05, 0.1) is 12.2 Å². The monoisotopic (exact) mass is 464 g/mol. The summed E-state index contributed by atoms with van der Waals surface area (Å²) in [4.78, 5) is 10.6. The van der Waals surface area contributed by atoms with Crippen LogP contribution in [0.25, 0.3) is 0 Å². The maximum atomic E-state index is 10.7. The van der Waals surface area contributed by atoms with Gasteiger partial charge in [0.1, 0.15) is 0 Å². The molecule has 1 aromatic rings. The first-order valence-electron chi connectivity index (χ1n) is 12.8. The Balaban J connectivity index is 1.49. The highest BCUT2D eigenvalue weighted by Crippen LogP contribution is 2.45. The lowest BCUT2D eigenvalue weighted by Gasteiger charge is -2.26. The van der Waals surface area contributed by atoms with E-state index >= 15 is 0 Å². The molecule has 2 aliphatic rings. The SMILES string of the molecule is O=C(O)CCCCCC[C@@H]1[C@@H](c2ccc(CCC(O)C3CCCCC3)cc2)[C@H](O)C[C@@H]1Cl. The van der Waals surface area contributed by atoms with E-state index in [2.05, 4.69) is 24.3 Å². The number of hydrogen-bond donors (Lipinski definition) is 3. The standard InChI is InChI=1S/C27H41ClO4/c28-23-18-25(30)27(22(23)10-6-1-2-7-11-26(31)32)21-15-12-19(13-16-21)14-17-24(29)20-8-4-3-5-9-20/h12-13,15-16,20,22-25,27,29-30H,1-11,14,17-18H2,(H,31,32)/t22-,23-,24?,25+,27+/m0/s1. The first kappa shape index (κ1) is 25.5. The predicted octanol–water partition coefficient (Wildman–Crippen LogP) is 6.06. The normalized spacial score (nSPS) is 27.5. The third kappa shape index (κ3) is 7.46. The van der Waals surface area contributed by atoms with Crippen molar-refractivity contribution in [2.75, 3.05) is 0 Å². The van der Waals surface area contributed by atoms with Gasteiger partial charge in [0.25, 0.3) is 0 Å². The Morgan fingerprint density at radius 3 is 2.41 bits per heavy atom. The van der Waals surface area contributed by atoms with Crippen molar-refractivity contribution in [1.29, 1.82) is 0 Å². The van der Waals surface area contributed by atoms with Crippen LogP contribution in [0.2, 0.25) is 0 Å². The fourth-order valence-corrected chi connectivity index (χ4v) is 6.34. The molecule has 32 heavy (non-hydrogen) atoms. The summed E-state index contributed by atoms with van der Waals surface area (Å²) >= 11 is 6.62. The lowest BCUT2D eigenvalue weighted by Crippen LogP contribution is -2.23. The van der Waals surface area contributed by atoms with E-state index in [1.165, 1.54) is 37.7 Å². The van der Waals surface area contributed by atoms with E-state index in [-0.39, 0.29) is 29.7 Å². The molecule has 5 heteroatoms. The van der Waals surface area contributed by atoms with Gasteiger partial charge in [-0.15, -0.1) is 11.6 Å². The number of aliphatic carboxylic acids is 1. The van der Waals surface area contributed by atoms with Crippen molar-refractivity contribution in [3.8, 4) is 0 Å². The number of hydrogen-bond acceptors (Lipinski definition) is 3. The third-order valence-electron chi connectivity index (χ3n) is 7.77. The minimum Gasteiger partial charge on any atom is -0.481 e. The van der Waals surface area contributed by atoms with Crippen LogP contribution in [0.4, 0.5) is 0 Å². The smallest absolute Gasteiger partial charge is 0.303 e. The average molecular weight is 465 g/mol. The van der Waals surface area contributed by atoms with Crippen molar-refractivity contribution in [1.82, 2.24) is 0 Å². The van der Waals surface area contributed by atoms with Gasteiger partial charge in [-0.25, -0.2) is 0 Å². The van der Waals surface area contributed by atoms with Crippen LogP contribution >= 0.6 is 11.6 Å². The van der Waals surface area contributed by atoms with Gasteiger partial charge in [0, 0.05) is 17.7 Å². The molecule has 5 atom stereocenters. The molecule has 3 rings (SSSR count). The quantitative estimate of drug-likeness (QED) is 0.259. The highest BCUT2D eigenvalue weighted by molar-refractivity contribution is 6.21. The van der Waals surface area contributed by atoms with Gasteiger partial charge in [-0.1, -0.05) is 62.8 Å². The second kappa shape index (κ2) is 13.0. The zero-order valence-corrected chi connectivity index (χ0v) is 20.1. The number of aliphatic hydroxyl groups excluding tert-OH is 2. The molecule has 2 saturated carbocycles. The van der Waals surface area contributed by atoms with E-state index in [1.54, 1.807) is 0 Å². The van der Waals surface area contributed by atoms with Crippen molar-refractivity contribution in [2.24, 2.45) is 11.8 Å². The Bertz CT molecular complexity index is 685. The molecule has 2 aliphatic carbocycles. The number of aliphatic hydroxyl groups is 2. The lowest BCUT2D eigenvalue weighted by atomic mass is 9.82. The molecule has 4 nitrogen and oxygen atoms in total. The van der Waals surface area contributed by atoms with Gasteiger partial charge in [0.2, 0.25) is 0 Å². The topological polar surface area (TPSA) is 77.8 Å². The van der Waals surface area contributed by atoms with Crippen LogP contribution in [0.3, 0.4) is 0 Å². The van der Waals surface area contributed by atoms with Gasteiger partial charge < -0.3 is 15.3 Å². The summed E-state index contributed by atoms with van der Waals surface area (Å²) in [7, 11) is 0. The summed E-state index contributed by atoms with van der Waals surface area (Å²) in [6, 6.07) is 8.59. The molecule has 0 spiro atoms. The Morgan fingerprint density at radius 2 is 1.72 bits per heavy atom. The molecule has 0 heterocycles. The minimum absolute atomic E-state index is 0.0145. The molecular weight excluding hydrogens is 424 g/mol. The summed E-state index contributed by atoms with van der Waals surface area (Å²) in [5.41, 5.74) is 2.40. The first-order chi connectivity index (χ1) is 15.5.